The minimum atomic E-state index is -0.736. The number of thiazole rings is 1. The van der Waals surface area contributed by atoms with Crippen molar-refractivity contribution in [2.24, 2.45) is 0 Å². The standard InChI is InChI=1S/C14H17N3O3S/c1-9(13(18)16-14(19)20-3)17(2)8-12-15-10-6-4-5-7-11(10)21-12/h4-7,9H,8H2,1-3H3,(H,16,18,19)/p+1/t9-/m1/s1. The lowest BCUT2D eigenvalue weighted by Gasteiger charge is -2.19. The molecule has 1 unspecified atom stereocenters. The molecule has 0 saturated carbocycles. The van der Waals surface area contributed by atoms with Gasteiger partial charge in [0.25, 0.3) is 5.91 Å². The minimum absolute atomic E-state index is 0.361. The molecule has 0 spiro atoms. The highest BCUT2D eigenvalue weighted by molar-refractivity contribution is 7.18. The maximum Gasteiger partial charge on any atom is 0.413 e. The first-order chi connectivity index (χ1) is 10.0. The molecule has 0 aliphatic heterocycles. The number of benzene rings is 1. The molecule has 2 rings (SSSR count). The molecule has 7 heteroatoms. The van der Waals surface area contributed by atoms with Gasteiger partial charge in [-0.1, -0.05) is 12.1 Å². The fraction of sp³-hybridized carbons (Fsp3) is 0.357. The Hall–Kier alpha value is -1.99. The average Bonchev–Trinajstić information content (AvgIpc) is 2.88. The van der Waals surface area contributed by atoms with Crippen molar-refractivity contribution in [3.05, 3.63) is 29.3 Å². The number of methoxy groups -OCH3 is 1. The number of hydrogen-bond donors (Lipinski definition) is 2. The van der Waals surface area contributed by atoms with Crippen LogP contribution in [0.2, 0.25) is 0 Å². The van der Waals surface area contributed by atoms with Gasteiger partial charge in [-0.2, -0.15) is 0 Å². The van der Waals surface area contributed by atoms with Crippen LogP contribution in [0.25, 0.3) is 10.2 Å². The van der Waals surface area contributed by atoms with E-state index in [1.807, 2.05) is 31.3 Å². The summed E-state index contributed by atoms with van der Waals surface area (Å²) in [4.78, 5) is 28.4. The van der Waals surface area contributed by atoms with Crippen LogP contribution in [0.1, 0.15) is 11.9 Å². The van der Waals surface area contributed by atoms with Crippen molar-refractivity contribution >= 4 is 33.6 Å². The Kier molecular flexibility index (Phi) is 4.87. The highest BCUT2D eigenvalue weighted by atomic mass is 32.1. The third-order valence-electron chi connectivity index (χ3n) is 3.31. The van der Waals surface area contributed by atoms with Crippen LogP contribution in [0.3, 0.4) is 0 Å². The number of hydrogen-bond acceptors (Lipinski definition) is 5. The highest BCUT2D eigenvalue weighted by Gasteiger charge is 2.24. The summed E-state index contributed by atoms with van der Waals surface area (Å²) in [5.41, 5.74) is 0.969. The van der Waals surface area contributed by atoms with E-state index in [4.69, 9.17) is 0 Å². The Morgan fingerprint density at radius 3 is 2.81 bits per heavy atom. The largest absolute Gasteiger partial charge is 0.453 e. The van der Waals surface area contributed by atoms with Crippen molar-refractivity contribution in [2.75, 3.05) is 14.2 Å². The topological polar surface area (TPSA) is 72.7 Å². The lowest BCUT2D eigenvalue weighted by atomic mass is 10.3. The minimum Gasteiger partial charge on any atom is -0.453 e. The summed E-state index contributed by atoms with van der Waals surface area (Å²) in [6.45, 7) is 2.38. The fourth-order valence-electron chi connectivity index (χ4n) is 1.87. The lowest BCUT2D eigenvalue weighted by Crippen LogP contribution is -3.12. The molecule has 1 heterocycles. The van der Waals surface area contributed by atoms with Gasteiger partial charge in [-0.15, -0.1) is 11.3 Å². The predicted molar refractivity (Wildman–Crippen MR) is 80.2 cm³/mol. The summed E-state index contributed by atoms with van der Waals surface area (Å²) < 4.78 is 5.55. The summed E-state index contributed by atoms with van der Waals surface area (Å²) >= 11 is 1.62. The van der Waals surface area contributed by atoms with E-state index in [0.717, 1.165) is 20.1 Å². The first-order valence-corrected chi connectivity index (χ1v) is 7.38. The van der Waals surface area contributed by atoms with Gasteiger partial charge in [-0.05, 0) is 19.1 Å². The number of imide groups is 1. The average molecular weight is 308 g/mol. The van der Waals surface area contributed by atoms with Gasteiger partial charge in [-0.25, -0.2) is 9.78 Å². The SMILES string of the molecule is COC(=O)NC(=O)[C@@H](C)[NH+](C)Cc1nc2ccccc2s1. The zero-order chi connectivity index (χ0) is 15.4. The molecule has 6 nitrogen and oxygen atoms in total. The van der Waals surface area contributed by atoms with Crippen LogP contribution in [-0.4, -0.2) is 37.2 Å². The highest BCUT2D eigenvalue weighted by Crippen LogP contribution is 2.20. The summed E-state index contributed by atoms with van der Waals surface area (Å²) in [6, 6.07) is 7.55. The first kappa shape index (κ1) is 15.4. The molecule has 112 valence electrons. The van der Waals surface area contributed by atoms with Gasteiger partial charge < -0.3 is 9.64 Å². The number of amides is 2. The smallest absolute Gasteiger partial charge is 0.413 e. The van der Waals surface area contributed by atoms with Gasteiger partial charge in [0.1, 0.15) is 11.6 Å². The van der Waals surface area contributed by atoms with E-state index in [1.165, 1.54) is 7.11 Å². The number of carbonyl (C=O) groups is 2. The van der Waals surface area contributed by atoms with Crippen LogP contribution in [0, 0.1) is 0 Å². The van der Waals surface area contributed by atoms with Gasteiger partial charge in [0.15, 0.2) is 6.04 Å². The van der Waals surface area contributed by atoms with Gasteiger partial charge >= 0.3 is 6.09 Å². The number of ether oxygens (including phenoxy) is 1. The van der Waals surface area contributed by atoms with E-state index in [0.29, 0.717) is 6.54 Å². The molecule has 1 aromatic heterocycles. The van der Waals surface area contributed by atoms with Crippen LogP contribution in [0.5, 0.6) is 0 Å². The Labute approximate surface area is 126 Å². The predicted octanol–water partition coefficient (Wildman–Crippen LogP) is 0.582. The van der Waals surface area contributed by atoms with Crippen molar-refractivity contribution in [3.8, 4) is 0 Å². The van der Waals surface area contributed by atoms with Gasteiger partial charge in [0.2, 0.25) is 0 Å². The van der Waals surface area contributed by atoms with Crippen LogP contribution >= 0.6 is 11.3 Å². The van der Waals surface area contributed by atoms with Crippen molar-refractivity contribution in [3.63, 3.8) is 0 Å². The van der Waals surface area contributed by atoms with Crippen LogP contribution in [-0.2, 0) is 16.1 Å². The van der Waals surface area contributed by atoms with Gasteiger partial charge in [0.05, 0.1) is 24.4 Å². The van der Waals surface area contributed by atoms with E-state index in [-0.39, 0.29) is 11.9 Å². The summed E-state index contributed by atoms with van der Waals surface area (Å²) in [5.74, 6) is -0.361. The van der Waals surface area contributed by atoms with Gasteiger partial charge in [0, 0.05) is 0 Å². The molecule has 0 aliphatic carbocycles. The number of para-hydroxylation sites is 1. The molecule has 2 amide bonds. The molecule has 2 atom stereocenters. The second kappa shape index (κ2) is 6.64. The molecule has 0 aliphatic rings. The van der Waals surface area contributed by atoms with Crippen LogP contribution < -0.4 is 10.2 Å². The van der Waals surface area contributed by atoms with E-state index >= 15 is 0 Å². The third kappa shape index (κ3) is 3.77. The number of rotatable bonds is 4. The molecule has 2 N–H and O–H groups in total. The summed E-state index contributed by atoms with van der Waals surface area (Å²) in [5, 5.41) is 3.15. The summed E-state index contributed by atoms with van der Waals surface area (Å²) in [6.07, 6.45) is -0.736. The number of fused-ring (bicyclic) bond motifs is 1. The Morgan fingerprint density at radius 1 is 1.43 bits per heavy atom. The molecular weight excluding hydrogens is 290 g/mol. The molecule has 21 heavy (non-hydrogen) atoms. The zero-order valence-corrected chi connectivity index (χ0v) is 13.0. The second-order valence-corrected chi connectivity index (χ2v) is 5.92. The number of nitrogens with one attached hydrogen (secondary N) is 2. The third-order valence-corrected chi connectivity index (χ3v) is 4.35. The van der Waals surface area contributed by atoms with Gasteiger partial charge in [-0.3, -0.25) is 10.1 Å². The number of aromatic nitrogens is 1. The second-order valence-electron chi connectivity index (χ2n) is 4.80. The number of likely N-dealkylation sites (N-methyl/N-ethyl adjacent to an activating group) is 1. The monoisotopic (exact) mass is 308 g/mol. The van der Waals surface area contributed by atoms with Crippen LogP contribution in [0.15, 0.2) is 24.3 Å². The Morgan fingerprint density at radius 2 is 2.14 bits per heavy atom. The summed E-state index contributed by atoms with van der Waals surface area (Å²) in [7, 11) is 3.12. The van der Waals surface area contributed by atoms with Crippen molar-refractivity contribution in [1.29, 1.82) is 0 Å². The van der Waals surface area contributed by atoms with E-state index in [9.17, 15) is 9.59 Å². The van der Waals surface area contributed by atoms with E-state index in [1.54, 1.807) is 18.3 Å². The molecule has 1 aromatic carbocycles. The van der Waals surface area contributed by atoms with Crippen molar-refractivity contribution in [1.82, 2.24) is 10.3 Å². The van der Waals surface area contributed by atoms with Crippen molar-refractivity contribution < 1.29 is 19.2 Å². The van der Waals surface area contributed by atoms with Crippen molar-refractivity contribution in [2.45, 2.75) is 19.5 Å². The zero-order valence-electron chi connectivity index (χ0n) is 12.2. The molecule has 0 radical (unpaired) electrons. The molecular formula is C14H18N3O3S+. The van der Waals surface area contributed by atoms with E-state index < -0.39 is 6.09 Å². The maximum absolute atomic E-state index is 11.9. The quantitative estimate of drug-likeness (QED) is 0.867. The fourth-order valence-corrected chi connectivity index (χ4v) is 2.93. The van der Waals surface area contributed by atoms with E-state index in [2.05, 4.69) is 15.0 Å². The Balaban J connectivity index is 2.01. The molecule has 0 bridgehead atoms. The number of alkyl carbamates (subject to hydrolysis) is 1. The lowest BCUT2D eigenvalue weighted by molar-refractivity contribution is -0.908. The Bertz CT molecular complexity index is 623. The van der Waals surface area contributed by atoms with Crippen LogP contribution in [0.4, 0.5) is 4.79 Å². The normalized spacial score (nSPS) is 13.7. The number of nitrogens with zero attached hydrogens (tertiary/aromatic N) is 1. The first-order valence-electron chi connectivity index (χ1n) is 6.57. The number of carbonyl (C=O) groups excluding carboxylic acids is 2. The maximum atomic E-state index is 11.9. The molecule has 0 fully saturated rings. The number of quaternary nitrogens is 1. The molecule has 0 saturated heterocycles. The molecule has 2 aromatic rings.